The van der Waals surface area contributed by atoms with E-state index in [0.717, 1.165) is 36.9 Å². The lowest BCUT2D eigenvalue weighted by Crippen LogP contribution is -2.40. The van der Waals surface area contributed by atoms with Crippen LogP contribution >= 0.6 is 0 Å². The summed E-state index contributed by atoms with van der Waals surface area (Å²) in [5.74, 6) is 1.57. The molecule has 0 aliphatic carbocycles. The highest BCUT2D eigenvalue weighted by atomic mass is 16.5. The van der Waals surface area contributed by atoms with Crippen molar-refractivity contribution in [3.8, 4) is 5.75 Å². The number of hydrogen-bond acceptors (Lipinski definition) is 4. The number of ether oxygens (including phenoxy) is 1. The first-order chi connectivity index (χ1) is 9.76. The maximum Gasteiger partial charge on any atom is 0.119 e. The number of rotatable bonds is 4. The van der Waals surface area contributed by atoms with E-state index in [1.807, 2.05) is 24.3 Å². The molecule has 110 valence electrons. The summed E-state index contributed by atoms with van der Waals surface area (Å²) < 4.78 is 5.22. The minimum Gasteiger partial charge on any atom is -0.497 e. The van der Waals surface area contributed by atoms with Crippen molar-refractivity contribution in [2.45, 2.75) is 25.0 Å². The number of benzene rings is 1. The van der Waals surface area contributed by atoms with E-state index in [4.69, 9.17) is 4.74 Å². The zero-order valence-electron chi connectivity index (χ0n) is 12.1. The molecule has 0 amide bonds. The van der Waals surface area contributed by atoms with Crippen LogP contribution in [-0.4, -0.2) is 49.3 Å². The number of nitrogens with one attached hydrogen (secondary N) is 1. The molecular formula is C16H24N2O2. The summed E-state index contributed by atoms with van der Waals surface area (Å²) in [6, 6.07) is 8.36. The van der Waals surface area contributed by atoms with Crippen LogP contribution in [-0.2, 0) is 0 Å². The average Bonchev–Trinajstić information content (AvgIpc) is 2.89. The predicted molar refractivity (Wildman–Crippen MR) is 78.9 cm³/mol. The van der Waals surface area contributed by atoms with Gasteiger partial charge in [-0.15, -0.1) is 0 Å². The number of hydrogen-bond donors (Lipinski definition) is 2. The Bertz CT molecular complexity index is 438. The van der Waals surface area contributed by atoms with Gasteiger partial charge in [0.05, 0.1) is 13.2 Å². The van der Waals surface area contributed by atoms with Crippen LogP contribution in [0, 0.1) is 5.92 Å². The maximum absolute atomic E-state index is 10.4. The van der Waals surface area contributed by atoms with Crippen LogP contribution in [0.2, 0.25) is 0 Å². The number of nitrogens with zero attached hydrogens (tertiary/aromatic N) is 1. The number of aliphatic hydroxyl groups is 1. The molecule has 3 atom stereocenters. The van der Waals surface area contributed by atoms with Gasteiger partial charge in [-0.25, -0.2) is 0 Å². The van der Waals surface area contributed by atoms with E-state index < -0.39 is 6.10 Å². The van der Waals surface area contributed by atoms with Crippen molar-refractivity contribution >= 4 is 0 Å². The molecular weight excluding hydrogens is 252 g/mol. The normalized spacial score (nSPS) is 28.1. The van der Waals surface area contributed by atoms with E-state index in [9.17, 15) is 5.11 Å². The number of β-amino-alcohol motifs (C(OH)–C–C–N with tert-alkyl or cyclic N) is 1. The molecule has 3 rings (SSSR count). The molecule has 20 heavy (non-hydrogen) atoms. The molecule has 1 aromatic rings. The summed E-state index contributed by atoms with van der Waals surface area (Å²) in [5.41, 5.74) is 0.937. The van der Waals surface area contributed by atoms with Crippen LogP contribution in [0.5, 0.6) is 5.75 Å². The Kier molecular flexibility index (Phi) is 4.24. The molecule has 0 spiro atoms. The number of fused-ring (bicyclic) bond motifs is 1. The van der Waals surface area contributed by atoms with E-state index in [0.29, 0.717) is 12.6 Å². The molecule has 2 aliphatic rings. The van der Waals surface area contributed by atoms with E-state index in [-0.39, 0.29) is 0 Å². The minimum absolute atomic E-state index is 0.440. The second-order valence-corrected chi connectivity index (χ2v) is 5.97. The van der Waals surface area contributed by atoms with Crippen molar-refractivity contribution in [3.63, 3.8) is 0 Å². The Hall–Kier alpha value is -1.10. The average molecular weight is 276 g/mol. The summed E-state index contributed by atoms with van der Waals surface area (Å²) in [4.78, 5) is 2.39. The Morgan fingerprint density at radius 3 is 3.15 bits per heavy atom. The molecule has 4 heteroatoms. The monoisotopic (exact) mass is 276 g/mol. The second-order valence-electron chi connectivity index (χ2n) is 5.97. The van der Waals surface area contributed by atoms with Gasteiger partial charge >= 0.3 is 0 Å². The molecule has 1 aromatic carbocycles. The van der Waals surface area contributed by atoms with Crippen LogP contribution in [0.25, 0.3) is 0 Å². The SMILES string of the molecule is COc1cccc(C(O)CN2C[C@@H]3CCCN[C@@H]3C2)c1. The van der Waals surface area contributed by atoms with Crippen LogP contribution in [0.3, 0.4) is 0 Å². The molecule has 2 aliphatic heterocycles. The smallest absolute Gasteiger partial charge is 0.119 e. The number of piperidine rings is 1. The van der Waals surface area contributed by atoms with Gasteiger partial charge in [0.2, 0.25) is 0 Å². The summed E-state index contributed by atoms with van der Waals surface area (Å²) in [7, 11) is 1.66. The quantitative estimate of drug-likeness (QED) is 0.873. The largest absolute Gasteiger partial charge is 0.497 e. The highest BCUT2D eigenvalue weighted by molar-refractivity contribution is 5.30. The number of likely N-dealkylation sites (tertiary alicyclic amines) is 1. The Morgan fingerprint density at radius 1 is 1.45 bits per heavy atom. The van der Waals surface area contributed by atoms with Crippen molar-refractivity contribution in [3.05, 3.63) is 29.8 Å². The fourth-order valence-electron chi connectivity index (χ4n) is 3.48. The van der Waals surface area contributed by atoms with Gasteiger partial charge in [0.15, 0.2) is 0 Å². The van der Waals surface area contributed by atoms with Crippen molar-refractivity contribution in [1.82, 2.24) is 10.2 Å². The van der Waals surface area contributed by atoms with Gasteiger partial charge in [0, 0.05) is 25.7 Å². The Balaban J connectivity index is 1.60. The van der Waals surface area contributed by atoms with E-state index in [1.54, 1.807) is 7.11 Å². The molecule has 2 saturated heterocycles. The van der Waals surface area contributed by atoms with Gasteiger partial charge < -0.3 is 15.2 Å². The van der Waals surface area contributed by atoms with Gasteiger partial charge in [-0.3, -0.25) is 4.90 Å². The third-order valence-corrected chi connectivity index (χ3v) is 4.58. The maximum atomic E-state index is 10.4. The molecule has 2 N–H and O–H groups in total. The van der Waals surface area contributed by atoms with Crippen LogP contribution in [0.15, 0.2) is 24.3 Å². The molecule has 0 bridgehead atoms. The molecule has 0 saturated carbocycles. The minimum atomic E-state index is -0.440. The third-order valence-electron chi connectivity index (χ3n) is 4.58. The highest BCUT2D eigenvalue weighted by Crippen LogP contribution is 2.27. The molecule has 1 unspecified atom stereocenters. The van der Waals surface area contributed by atoms with Gasteiger partial charge in [0.1, 0.15) is 5.75 Å². The number of aliphatic hydroxyl groups excluding tert-OH is 1. The van der Waals surface area contributed by atoms with E-state index in [1.165, 1.54) is 12.8 Å². The lowest BCUT2D eigenvalue weighted by Gasteiger charge is -2.24. The van der Waals surface area contributed by atoms with Gasteiger partial charge in [-0.2, -0.15) is 0 Å². The third kappa shape index (κ3) is 2.97. The van der Waals surface area contributed by atoms with Crippen molar-refractivity contribution < 1.29 is 9.84 Å². The van der Waals surface area contributed by atoms with E-state index >= 15 is 0 Å². The lowest BCUT2D eigenvalue weighted by molar-refractivity contribution is 0.123. The Labute approximate surface area is 120 Å². The summed E-state index contributed by atoms with van der Waals surface area (Å²) in [5, 5.41) is 14.0. The van der Waals surface area contributed by atoms with Gasteiger partial charge in [-0.1, -0.05) is 12.1 Å². The molecule has 0 aromatic heterocycles. The van der Waals surface area contributed by atoms with Crippen molar-refractivity contribution in [1.29, 1.82) is 0 Å². The zero-order chi connectivity index (χ0) is 13.9. The first-order valence-electron chi connectivity index (χ1n) is 7.54. The van der Waals surface area contributed by atoms with Crippen molar-refractivity contribution in [2.24, 2.45) is 5.92 Å². The topological polar surface area (TPSA) is 44.7 Å². The van der Waals surface area contributed by atoms with Gasteiger partial charge in [-0.05, 0) is 43.0 Å². The van der Waals surface area contributed by atoms with E-state index in [2.05, 4.69) is 10.2 Å². The molecule has 2 heterocycles. The Morgan fingerprint density at radius 2 is 2.35 bits per heavy atom. The summed E-state index contributed by atoms with van der Waals surface area (Å²) in [6.45, 7) is 4.03. The zero-order valence-corrected chi connectivity index (χ0v) is 12.1. The van der Waals surface area contributed by atoms with Crippen LogP contribution in [0.1, 0.15) is 24.5 Å². The summed E-state index contributed by atoms with van der Waals surface area (Å²) >= 11 is 0. The predicted octanol–water partition coefficient (Wildman–Crippen LogP) is 1.41. The number of methoxy groups -OCH3 is 1. The fourth-order valence-corrected chi connectivity index (χ4v) is 3.48. The molecule has 0 radical (unpaired) electrons. The molecule has 4 nitrogen and oxygen atoms in total. The summed E-state index contributed by atoms with van der Waals surface area (Å²) in [6.07, 6.45) is 2.17. The highest BCUT2D eigenvalue weighted by Gasteiger charge is 2.34. The molecule has 2 fully saturated rings. The van der Waals surface area contributed by atoms with Gasteiger partial charge in [0.25, 0.3) is 0 Å². The first-order valence-corrected chi connectivity index (χ1v) is 7.54. The van der Waals surface area contributed by atoms with Crippen LogP contribution in [0.4, 0.5) is 0 Å². The van der Waals surface area contributed by atoms with Crippen molar-refractivity contribution in [2.75, 3.05) is 33.3 Å². The second kappa shape index (κ2) is 6.12. The fraction of sp³-hybridized carbons (Fsp3) is 0.625. The lowest BCUT2D eigenvalue weighted by atomic mass is 9.94. The standard InChI is InChI=1S/C16H24N2O2/c1-20-14-6-2-4-12(8-14)16(19)11-18-9-13-5-3-7-17-15(13)10-18/h2,4,6,8,13,15-17,19H,3,5,7,9-11H2,1H3/t13-,15+,16?/m0/s1. The first kappa shape index (κ1) is 13.9. The van der Waals surface area contributed by atoms with Crippen LogP contribution < -0.4 is 10.1 Å².